The maximum absolute atomic E-state index is 12.1. The fourth-order valence-corrected chi connectivity index (χ4v) is 2.37. The number of rotatable bonds is 7. The van der Waals surface area contributed by atoms with E-state index in [0.717, 1.165) is 0 Å². The maximum atomic E-state index is 12.1. The van der Waals surface area contributed by atoms with Crippen molar-refractivity contribution in [3.8, 4) is 5.75 Å². The molecule has 1 aromatic rings. The van der Waals surface area contributed by atoms with Crippen molar-refractivity contribution in [2.75, 3.05) is 6.54 Å². The predicted octanol–water partition coefficient (Wildman–Crippen LogP) is 1.77. The second kappa shape index (κ2) is 6.39. The van der Waals surface area contributed by atoms with Gasteiger partial charge in [0.2, 0.25) is 0 Å². The molecule has 20 heavy (non-hydrogen) atoms. The molecule has 1 heterocycles. The van der Waals surface area contributed by atoms with Gasteiger partial charge in [-0.15, -0.1) is 13.2 Å². The van der Waals surface area contributed by atoms with E-state index in [1.54, 1.807) is 29.2 Å². The topological polar surface area (TPSA) is 49.8 Å². The molecule has 1 amide bonds. The average Bonchev–Trinajstić information content (AvgIpc) is 2.46. The Balaban J connectivity index is 2.11. The van der Waals surface area contributed by atoms with Crippen LogP contribution in [0.25, 0.3) is 0 Å². The lowest BCUT2D eigenvalue weighted by Crippen LogP contribution is -2.70. The van der Waals surface area contributed by atoms with Gasteiger partial charge in [0.25, 0.3) is 5.91 Å². The molecule has 1 aromatic carbocycles. The van der Waals surface area contributed by atoms with Crippen molar-refractivity contribution in [2.45, 2.75) is 24.7 Å². The molecule has 0 bridgehead atoms. The summed E-state index contributed by atoms with van der Waals surface area (Å²) >= 11 is 0. The van der Waals surface area contributed by atoms with Crippen LogP contribution in [0.4, 0.5) is 0 Å². The van der Waals surface area contributed by atoms with E-state index in [4.69, 9.17) is 4.74 Å². The maximum Gasteiger partial charge on any atom is 0.266 e. The molecule has 1 saturated heterocycles. The summed E-state index contributed by atoms with van der Waals surface area (Å²) in [4.78, 5) is 13.7. The van der Waals surface area contributed by atoms with Crippen molar-refractivity contribution in [3.05, 3.63) is 55.6 Å². The van der Waals surface area contributed by atoms with Crippen LogP contribution in [0.1, 0.15) is 6.42 Å². The van der Waals surface area contributed by atoms with Crippen molar-refractivity contribution >= 4 is 5.91 Å². The van der Waals surface area contributed by atoms with Gasteiger partial charge >= 0.3 is 0 Å². The normalized spacial score (nSPS) is 22.9. The highest BCUT2D eigenvalue weighted by Gasteiger charge is 2.51. The molecule has 2 rings (SSSR count). The van der Waals surface area contributed by atoms with Gasteiger partial charge < -0.3 is 14.7 Å². The number of aliphatic hydroxyl groups excluding tert-OH is 1. The molecule has 1 aliphatic heterocycles. The second-order valence-electron chi connectivity index (χ2n) is 4.71. The molecule has 1 N–H and O–H groups in total. The first kappa shape index (κ1) is 14.3. The molecule has 0 spiro atoms. The van der Waals surface area contributed by atoms with E-state index in [1.165, 1.54) is 0 Å². The van der Waals surface area contributed by atoms with Gasteiger partial charge in [-0.25, -0.2) is 0 Å². The molecule has 0 saturated carbocycles. The van der Waals surface area contributed by atoms with Crippen molar-refractivity contribution in [1.82, 2.24) is 4.90 Å². The minimum absolute atomic E-state index is 0.123. The Labute approximate surface area is 119 Å². The third kappa shape index (κ3) is 2.75. The average molecular weight is 273 g/mol. The smallest absolute Gasteiger partial charge is 0.266 e. The Morgan fingerprint density at radius 3 is 2.60 bits per heavy atom. The molecule has 1 fully saturated rings. The van der Waals surface area contributed by atoms with Gasteiger partial charge in [0.1, 0.15) is 11.8 Å². The number of para-hydroxylation sites is 1. The molecule has 4 heteroatoms. The summed E-state index contributed by atoms with van der Waals surface area (Å²) in [7, 11) is 0. The summed E-state index contributed by atoms with van der Waals surface area (Å²) in [6, 6.07) is 8.79. The molecule has 0 radical (unpaired) electrons. The van der Waals surface area contributed by atoms with Crippen molar-refractivity contribution in [2.24, 2.45) is 0 Å². The Kier molecular flexibility index (Phi) is 4.58. The number of carbonyl (C=O) groups excluding carboxylic acids is 1. The van der Waals surface area contributed by atoms with Crippen LogP contribution in [0.5, 0.6) is 5.75 Å². The number of hydrogen-bond donors (Lipinski definition) is 1. The largest absolute Gasteiger partial charge is 0.478 e. The molecule has 1 aliphatic rings. The first-order valence-electron chi connectivity index (χ1n) is 6.61. The monoisotopic (exact) mass is 273 g/mol. The summed E-state index contributed by atoms with van der Waals surface area (Å²) in [6.07, 6.45) is 2.37. The molecule has 3 atom stereocenters. The Bertz CT molecular complexity index is 486. The highest BCUT2D eigenvalue weighted by Crippen LogP contribution is 2.28. The number of aliphatic hydroxyl groups is 1. The molecule has 0 aromatic heterocycles. The summed E-state index contributed by atoms with van der Waals surface area (Å²) in [5, 5.41) is 10.2. The lowest BCUT2D eigenvalue weighted by Gasteiger charge is -2.48. The summed E-state index contributed by atoms with van der Waals surface area (Å²) in [5.41, 5.74) is 0. The first-order valence-corrected chi connectivity index (χ1v) is 6.61. The van der Waals surface area contributed by atoms with E-state index in [-0.39, 0.29) is 11.9 Å². The van der Waals surface area contributed by atoms with E-state index in [0.29, 0.717) is 18.7 Å². The van der Waals surface area contributed by atoms with Crippen LogP contribution in [0, 0.1) is 0 Å². The third-order valence-corrected chi connectivity index (χ3v) is 3.33. The fraction of sp³-hybridized carbons (Fsp3) is 0.312. The van der Waals surface area contributed by atoms with Crippen LogP contribution in [0.2, 0.25) is 0 Å². The zero-order chi connectivity index (χ0) is 14.5. The molecular formula is C16H19NO3. The molecular weight excluding hydrogens is 254 g/mol. The second-order valence-corrected chi connectivity index (χ2v) is 4.71. The minimum atomic E-state index is -0.682. The first-order chi connectivity index (χ1) is 9.69. The van der Waals surface area contributed by atoms with Gasteiger partial charge in [0.05, 0.1) is 6.10 Å². The van der Waals surface area contributed by atoms with Crippen LogP contribution in [0.3, 0.4) is 0 Å². The SMILES string of the molecule is C=CCC(O)[C@H]1[C@@H](Oc2ccccc2)C(=O)N1CC=C. The lowest BCUT2D eigenvalue weighted by molar-refractivity contribution is -0.171. The van der Waals surface area contributed by atoms with Gasteiger partial charge in [-0.2, -0.15) is 0 Å². The van der Waals surface area contributed by atoms with Crippen LogP contribution in [-0.4, -0.2) is 40.7 Å². The standard InChI is InChI=1S/C16H19NO3/c1-3-8-13(18)14-15(16(19)17(14)11-4-2)20-12-9-6-5-7-10-12/h3-7,9-10,13-15,18H,1-2,8,11H2/t13?,14-,15+/m0/s1. The zero-order valence-electron chi connectivity index (χ0n) is 11.3. The van der Waals surface area contributed by atoms with Crippen LogP contribution in [0.15, 0.2) is 55.6 Å². The summed E-state index contributed by atoms with van der Waals surface area (Å²) < 4.78 is 5.70. The van der Waals surface area contributed by atoms with E-state index in [9.17, 15) is 9.90 Å². The van der Waals surface area contributed by atoms with Gasteiger partial charge in [-0.1, -0.05) is 30.4 Å². The van der Waals surface area contributed by atoms with E-state index in [2.05, 4.69) is 13.2 Å². The molecule has 106 valence electrons. The molecule has 1 unspecified atom stereocenters. The minimum Gasteiger partial charge on any atom is -0.478 e. The van der Waals surface area contributed by atoms with Crippen molar-refractivity contribution in [3.63, 3.8) is 0 Å². The lowest BCUT2D eigenvalue weighted by atomic mass is 9.90. The van der Waals surface area contributed by atoms with E-state index in [1.807, 2.05) is 18.2 Å². The number of hydrogen-bond acceptors (Lipinski definition) is 3. The highest BCUT2D eigenvalue weighted by molar-refractivity contribution is 5.89. The van der Waals surface area contributed by atoms with E-state index < -0.39 is 12.2 Å². The molecule has 4 nitrogen and oxygen atoms in total. The number of ether oxygens (including phenoxy) is 1. The number of benzene rings is 1. The van der Waals surface area contributed by atoms with Crippen molar-refractivity contribution in [1.29, 1.82) is 0 Å². The summed E-state index contributed by atoms with van der Waals surface area (Å²) in [5.74, 6) is 0.502. The van der Waals surface area contributed by atoms with Gasteiger partial charge in [-0.3, -0.25) is 4.79 Å². The Morgan fingerprint density at radius 1 is 1.30 bits per heavy atom. The number of carbonyl (C=O) groups is 1. The van der Waals surface area contributed by atoms with Gasteiger partial charge in [0, 0.05) is 6.54 Å². The Hall–Kier alpha value is -2.07. The molecule has 0 aliphatic carbocycles. The van der Waals surface area contributed by atoms with Crippen LogP contribution in [-0.2, 0) is 4.79 Å². The van der Waals surface area contributed by atoms with Crippen molar-refractivity contribution < 1.29 is 14.6 Å². The van der Waals surface area contributed by atoms with Crippen LogP contribution < -0.4 is 4.74 Å². The highest BCUT2D eigenvalue weighted by atomic mass is 16.5. The zero-order valence-corrected chi connectivity index (χ0v) is 11.3. The number of β-lactam (4-membered cyclic amide) rings is 1. The fourth-order valence-electron chi connectivity index (χ4n) is 2.37. The van der Waals surface area contributed by atoms with E-state index >= 15 is 0 Å². The number of amides is 1. The third-order valence-electron chi connectivity index (χ3n) is 3.33. The number of likely N-dealkylation sites (tertiary alicyclic amines) is 1. The van der Waals surface area contributed by atoms with Crippen LogP contribution >= 0.6 is 0 Å². The number of nitrogens with zero attached hydrogens (tertiary/aromatic N) is 1. The summed E-state index contributed by atoms with van der Waals surface area (Å²) in [6.45, 7) is 7.65. The van der Waals surface area contributed by atoms with Gasteiger partial charge in [-0.05, 0) is 18.6 Å². The quantitative estimate of drug-likeness (QED) is 0.608. The van der Waals surface area contributed by atoms with Gasteiger partial charge in [0.15, 0.2) is 6.10 Å². The Morgan fingerprint density at radius 2 is 2.00 bits per heavy atom. The predicted molar refractivity (Wildman–Crippen MR) is 77.4 cm³/mol.